The molecular weight excluding hydrogens is 184 g/mol. The van der Waals surface area contributed by atoms with Gasteiger partial charge in [0, 0.05) is 22.0 Å². The van der Waals surface area contributed by atoms with Gasteiger partial charge in [-0.1, -0.05) is 25.7 Å². The molecule has 0 N–H and O–H groups in total. The van der Waals surface area contributed by atoms with Gasteiger partial charge in [0.1, 0.15) is 0 Å². The van der Waals surface area contributed by atoms with E-state index in [2.05, 4.69) is 23.5 Å². The Morgan fingerprint density at radius 3 is 1.50 bits per heavy atom. The molecule has 2 unspecified atom stereocenters. The van der Waals surface area contributed by atoms with Crippen LogP contribution in [-0.4, -0.2) is 22.0 Å². The van der Waals surface area contributed by atoms with Gasteiger partial charge in [0.05, 0.1) is 0 Å². The summed E-state index contributed by atoms with van der Waals surface area (Å²) in [7, 11) is 0. The van der Waals surface area contributed by atoms with Crippen molar-refractivity contribution in [1.29, 1.82) is 0 Å². The highest BCUT2D eigenvalue weighted by Crippen LogP contribution is 2.36. The highest BCUT2D eigenvalue weighted by Gasteiger charge is 2.22. The van der Waals surface area contributed by atoms with E-state index in [0.717, 1.165) is 10.5 Å². The fraction of sp³-hybridized carbons (Fsp3) is 1.00. The van der Waals surface area contributed by atoms with Crippen molar-refractivity contribution in [3.05, 3.63) is 0 Å². The van der Waals surface area contributed by atoms with Gasteiger partial charge in [-0.3, -0.25) is 0 Å². The number of hydrogen-bond acceptors (Lipinski definition) is 2. The van der Waals surface area contributed by atoms with Crippen LogP contribution in [0.15, 0.2) is 0 Å². The molecule has 2 heterocycles. The standard InChI is InChI=1S/C10H18S2/c1(3-5-9-7-11-9)2-4-6-10-8-12-10/h9-10H,1-8H2. The van der Waals surface area contributed by atoms with Crippen molar-refractivity contribution in [1.82, 2.24) is 0 Å². The van der Waals surface area contributed by atoms with Crippen LogP contribution in [-0.2, 0) is 0 Å². The Kier molecular flexibility index (Phi) is 3.71. The Morgan fingerprint density at radius 2 is 1.17 bits per heavy atom. The maximum Gasteiger partial charge on any atom is 0.0138 e. The summed E-state index contributed by atoms with van der Waals surface area (Å²) >= 11 is 4.29. The summed E-state index contributed by atoms with van der Waals surface area (Å²) in [5.74, 6) is 2.91. The molecule has 0 bridgehead atoms. The molecule has 0 aromatic rings. The van der Waals surface area contributed by atoms with Crippen molar-refractivity contribution in [2.24, 2.45) is 0 Å². The third kappa shape index (κ3) is 4.08. The first kappa shape index (κ1) is 9.26. The minimum atomic E-state index is 1.07. The summed E-state index contributed by atoms with van der Waals surface area (Å²) in [5, 5.41) is 2.15. The number of hydrogen-bond donors (Lipinski definition) is 0. The van der Waals surface area contributed by atoms with E-state index in [0.29, 0.717) is 0 Å². The second-order valence-corrected chi connectivity index (χ2v) is 6.57. The molecule has 2 rings (SSSR count). The van der Waals surface area contributed by atoms with E-state index in [1.807, 2.05) is 0 Å². The van der Waals surface area contributed by atoms with Crippen LogP contribution in [0.5, 0.6) is 0 Å². The zero-order chi connectivity index (χ0) is 8.23. The van der Waals surface area contributed by atoms with Gasteiger partial charge in [0.15, 0.2) is 0 Å². The van der Waals surface area contributed by atoms with Crippen molar-refractivity contribution in [3.8, 4) is 0 Å². The number of rotatable bonds is 7. The molecule has 2 aliphatic heterocycles. The summed E-state index contributed by atoms with van der Waals surface area (Å²) in [6.07, 6.45) is 8.99. The van der Waals surface area contributed by atoms with Crippen LogP contribution in [0.2, 0.25) is 0 Å². The Labute approximate surface area is 84.3 Å². The highest BCUT2D eigenvalue weighted by molar-refractivity contribution is 8.07. The van der Waals surface area contributed by atoms with Gasteiger partial charge in [-0.05, 0) is 12.8 Å². The van der Waals surface area contributed by atoms with Crippen LogP contribution >= 0.6 is 23.5 Å². The monoisotopic (exact) mass is 202 g/mol. The summed E-state index contributed by atoms with van der Waals surface area (Å²) in [5.41, 5.74) is 0. The van der Waals surface area contributed by atoms with E-state index in [9.17, 15) is 0 Å². The van der Waals surface area contributed by atoms with Crippen LogP contribution in [0.1, 0.15) is 38.5 Å². The Bertz CT molecular complexity index is 112. The van der Waals surface area contributed by atoms with E-state index in [1.54, 1.807) is 0 Å². The summed E-state index contributed by atoms with van der Waals surface area (Å²) in [6, 6.07) is 0. The minimum absolute atomic E-state index is 1.07. The average Bonchev–Trinajstić information content (AvgIpc) is 2.89. The van der Waals surface area contributed by atoms with E-state index < -0.39 is 0 Å². The first-order valence-corrected chi connectivity index (χ1v) is 7.28. The fourth-order valence-electron chi connectivity index (χ4n) is 1.57. The van der Waals surface area contributed by atoms with Gasteiger partial charge >= 0.3 is 0 Å². The molecule has 0 aromatic heterocycles. The largest absolute Gasteiger partial charge is 0.157 e. The third-order valence-electron chi connectivity index (χ3n) is 2.61. The molecule has 0 aliphatic carbocycles. The lowest BCUT2D eigenvalue weighted by Gasteiger charge is -1.98. The lowest BCUT2D eigenvalue weighted by Crippen LogP contribution is -1.86. The Balaban J connectivity index is 1.31. The van der Waals surface area contributed by atoms with E-state index >= 15 is 0 Å². The SMILES string of the molecule is C(CCCC1CS1)CCC1CS1. The van der Waals surface area contributed by atoms with Gasteiger partial charge < -0.3 is 0 Å². The van der Waals surface area contributed by atoms with Crippen molar-refractivity contribution in [2.45, 2.75) is 49.0 Å². The lowest BCUT2D eigenvalue weighted by molar-refractivity contribution is 0.607. The molecule has 2 saturated heterocycles. The van der Waals surface area contributed by atoms with Crippen LogP contribution in [0.4, 0.5) is 0 Å². The Hall–Kier alpha value is 0.700. The first-order chi connectivity index (χ1) is 5.95. The van der Waals surface area contributed by atoms with Crippen molar-refractivity contribution >= 4 is 23.5 Å². The molecule has 0 spiro atoms. The van der Waals surface area contributed by atoms with Gasteiger partial charge in [-0.15, -0.1) is 0 Å². The van der Waals surface area contributed by atoms with Crippen molar-refractivity contribution in [3.63, 3.8) is 0 Å². The van der Waals surface area contributed by atoms with Crippen LogP contribution < -0.4 is 0 Å². The van der Waals surface area contributed by atoms with E-state index in [-0.39, 0.29) is 0 Å². The van der Waals surface area contributed by atoms with E-state index in [4.69, 9.17) is 0 Å². The molecule has 2 aliphatic rings. The molecule has 2 fully saturated rings. The molecule has 0 aromatic carbocycles. The zero-order valence-corrected chi connectivity index (χ0v) is 9.26. The summed E-state index contributed by atoms with van der Waals surface area (Å²) < 4.78 is 0. The Morgan fingerprint density at radius 1 is 0.750 bits per heavy atom. The van der Waals surface area contributed by atoms with Crippen LogP contribution in [0, 0.1) is 0 Å². The predicted octanol–water partition coefficient (Wildman–Crippen LogP) is 3.56. The topological polar surface area (TPSA) is 0 Å². The second kappa shape index (κ2) is 4.80. The molecule has 0 nitrogen and oxygen atoms in total. The minimum Gasteiger partial charge on any atom is -0.157 e. The maximum atomic E-state index is 2.14. The smallest absolute Gasteiger partial charge is 0.0138 e. The van der Waals surface area contributed by atoms with Gasteiger partial charge in [0.2, 0.25) is 0 Å². The first-order valence-electron chi connectivity index (χ1n) is 5.18. The van der Waals surface area contributed by atoms with Crippen LogP contribution in [0.3, 0.4) is 0 Å². The highest BCUT2D eigenvalue weighted by atomic mass is 32.2. The van der Waals surface area contributed by atoms with Gasteiger partial charge in [0.25, 0.3) is 0 Å². The normalized spacial score (nSPS) is 32.0. The second-order valence-electron chi connectivity index (χ2n) is 3.90. The molecule has 12 heavy (non-hydrogen) atoms. The lowest BCUT2D eigenvalue weighted by atomic mass is 10.1. The maximum absolute atomic E-state index is 2.14. The molecule has 2 heteroatoms. The summed E-state index contributed by atoms with van der Waals surface area (Å²) in [4.78, 5) is 0. The van der Waals surface area contributed by atoms with Crippen molar-refractivity contribution < 1.29 is 0 Å². The van der Waals surface area contributed by atoms with Crippen LogP contribution in [0.25, 0.3) is 0 Å². The summed E-state index contributed by atoms with van der Waals surface area (Å²) in [6.45, 7) is 0. The van der Waals surface area contributed by atoms with E-state index in [1.165, 1.54) is 50.0 Å². The average molecular weight is 202 g/mol. The predicted molar refractivity (Wildman–Crippen MR) is 60.2 cm³/mol. The molecule has 2 atom stereocenters. The number of unbranched alkanes of at least 4 members (excludes halogenated alkanes) is 3. The van der Waals surface area contributed by atoms with Crippen molar-refractivity contribution in [2.75, 3.05) is 11.5 Å². The van der Waals surface area contributed by atoms with Gasteiger partial charge in [-0.25, -0.2) is 0 Å². The molecule has 70 valence electrons. The molecule has 0 saturated carbocycles. The third-order valence-corrected chi connectivity index (χ3v) is 4.69. The molecular formula is C10H18S2. The number of thioether (sulfide) groups is 2. The molecule has 0 amide bonds. The fourth-order valence-corrected chi connectivity index (χ4v) is 2.84. The molecule has 0 radical (unpaired) electrons. The zero-order valence-electron chi connectivity index (χ0n) is 7.63. The van der Waals surface area contributed by atoms with Gasteiger partial charge in [-0.2, -0.15) is 23.5 Å². The quantitative estimate of drug-likeness (QED) is 0.457.